The van der Waals surface area contributed by atoms with Gasteiger partial charge in [-0.1, -0.05) is 41.9 Å². The van der Waals surface area contributed by atoms with Gasteiger partial charge in [0, 0.05) is 17.6 Å². The number of likely N-dealkylation sites (N-methyl/N-ethyl adjacent to an activating group) is 1. The second-order valence-corrected chi connectivity index (χ2v) is 6.87. The number of para-hydroxylation sites is 1. The number of carbonyl (C=O) groups is 1. The predicted octanol–water partition coefficient (Wildman–Crippen LogP) is 4.38. The molecule has 0 fully saturated rings. The minimum atomic E-state index is -0.628. The maximum Gasteiger partial charge on any atom is 0.263 e. The molecule has 0 saturated carbocycles. The van der Waals surface area contributed by atoms with Crippen molar-refractivity contribution in [2.24, 2.45) is 0 Å². The first-order valence-corrected chi connectivity index (χ1v) is 9.43. The maximum absolute atomic E-state index is 12.7. The second-order valence-electron chi connectivity index (χ2n) is 6.43. The number of carbonyl (C=O) groups excluding carboxylic acids is 1. The average Bonchev–Trinajstić information content (AvgIpc) is 3.16. The lowest BCUT2D eigenvalue weighted by molar-refractivity contribution is -0.137. The van der Waals surface area contributed by atoms with Crippen molar-refractivity contribution in [2.45, 2.75) is 32.9 Å². The standard InChI is InChI=1S/C21H22ClN3O3/c1-4-15-7-5-6-8-18(15)27-14(2)21(26)25(3)13-19-23-20(24-28-19)16-9-11-17(22)12-10-16/h5-12,14H,4,13H2,1-3H3/t14-/m0/s1. The molecular formula is C21H22ClN3O3. The molecule has 1 atom stereocenters. The Morgan fingerprint density at radius 2 is 1.93 bits per heavy atom. The third-order valence-corrected chi connectivity index (χ3v) is 4.58. The first-order valence-electron chi connectivity index (χ1n) is 9.06. The summed E-state index contributed by atoms with van der Waals surface area (Å²) >= 11 is 5.89. The summed E-state index contributed by atoms with van der Waals surface area (Å²) in [6, 6.07) is 14.9. The van der Waals surface area contributed by atoms with Crippen LogP contribution in [0.3, 0.4) is 0 Å². The number of benzene rings is 2. The van der Waals surface area contributed by atoms with E-state index in [1.807, 2.05) is 36.4 Å². The molecule has 0 spiro atoms. The maximum atomic E-state index is 12.7. The van der Waals surface area contributed by atoms with Gasteiger partial charge in [0.2, 0.25) is 11.7 Å². The first kappa shape index (κ1) is 19.9. The van der Waals surface area contributed by atoms with Crippen LogP contribution in [0.4, 0.5) is 0 Å². The molecule has 28 heavy (non-hydrogen) atoms. The Kier molecular flexibility index (Phi) is 6.31. The number of aromatic nitrogens is 2. The molecule has 3 rings (SSSR count). The van der Waals surface area contributed by atoms with Crippen LogP contribution in [0.1, 0.15) is 25.3 Å². The van der Waals surface area contributed by atoms with Crippen molar-refractivity contribution < 1.29 is 14.1 Å². The Labute approximate surface area is 169 Å². The predicted molar refractivity (Wildman–Crippen MR) is 107 cm³/mol. The summed E-state index contributed by atoms with van der Waals surface area (Å²) in [5.41, 5.74) is 1.86. The molecule has 0 aliphatic carbocycles. The number of nitrogens with zero attached hydrogens (tertiary/aromatic N) is 3. The molecule has 2 aromatic carbocycles. The number of aryl methyl sites for hydroxylation is 1. The van der Waals surface area contributed by atoms with Gasteiger partial charge in [0.1, 0.15) is 5.75 Å². The van der Waals surface area contributed by atoms with E-state index in [-0.39, 0.29) is 12.5 Å². The summed E-state index contributed by atoms with van der Waals surface area (Å²) in [7, 11) is 1.68. The third kappa shape index (κ3) is 4.70. The van der Waals surface area contributed by atoms with E-state index in [0.717, 1.165) is 23.3 Å². The monoisotopic (exact) mass is 399 g/mol. The summed E-state index contributed by atoms with van der Waals surface area (Å²) in [6.45, 7) is 3.98. The summed E-state index contributed by atoms with van der Waals surface area (Å²) in [4.78, 5) is 18.5. The molecule has 1 aromatic heterocycles. The zero-order valence-electron chi connectivity index (χ0n) is 16.1. The highest BCUT2D eigenvalue weighted by Gasteiger charge is 2.22. The first-order chi connectivity index (χ1) is 13.5. The summed E-state index contributed by atoms with van der Waals surface area (Å²) < 4.78 is 11.1. The largest absolute Gasteiger partial charge is 0.481 e. The van der Waals surface area contributed by atoms with Crippen LogP contribution in [0.15, 0.2) is 53.1 Å². The average molecular weight is 400 g/mol. The third-order valence-electron chi connectivity index (χ3n) is 4.32. The fourth-order valence-electron chi connectivity index (χ4n) is 2.78. The Hall–Kier alpha value is -2.86. The molecule has 1 amide bonds. The van der Waals surface area contributed by atoms with E-state index >= 15 is 0 Å². The number of amides is 1. The van der Waals surface area contributed by atoms with Gasteiger partial charge in [-0.25, -0.2) is 0 Å². The quantitative estimate of drug-likeness (QED) is 0.589. The lowest BCUT2D eigenvalue weighted by atomic mass is 10.1. The highest BCUT2D eigenvalue weighted by Crippen LogP contribution is 2.21. The van der Waals surface area contributed by atoms with Gasteiger partial charge in [0.25, 0.3) is 5.91 Å². The Bertz CT molecular complexity index is 940. The fourth-order valence-corrected chi connectivity index (χ4v) is 2.90. The van der Waals surface area contributed by atoms with E-state index in [1.54, 1.807) is 26.1 Å². The van der Waals surface area contributed by atoms with Crippen molar-refractivity contribution in [3.05, 3.63) is 65.0 Å². The van der Waals surface area contributed by atoms with Crippen LogP contribution in [-0.2, 0) is 17.8 Å². The SMILES string of the molecule is CCc1ccccc1O[C@@H](C)C(=O)N(C)Cc1nc(-c2ccc(Cl)cc2)no1. The van der Waals surface area contributed by atoms with Gasteiger partial charge in [0.05, 0.1) is 6.54 Å². The number of hydrogen-bond acceptors (Lipinski definition) is 5. The molecule has 0 bridgehead atoms. The van der Waals surface area contributed by atoms with Gasteiger partial charge in [-0.05, 0) is 49.2 Å². The Morgan fingerprint density at radius 3 is 2.64 bits per heavy atom. The summed E-state index contributed by atoms with van der Waals surface area (Å²) in [6.07, 6.45) is 0.207. The van der Waals surface area contributed by atoms with Crippen LogP contribution in [0.5, 0.6) is 5.75 Å². The molecule has 0 aliphatic heterocycles. The molecule has 0 N–H and O–H groups in total. The van der Waals surface area contributed by atoms with Gasteiger partial charge in [-0.2, -0.15) is 4.98 Å². The van der Waals surface area contributed by atoms with Crippen molar-refractivity contribution in [1.29, 1.82) is 0 Å². The second kappa shape index (κ2) is 8.89. The molecule has 146 valence electrons. The minimum Gasteiger partial charge on any atom is -0.481 e. The van der Waals surface area contributed by atoms with Crippen LogP contribution in [0.2, 0.25) is 5.02 Å². The highest BCUT2D eigenvalue weighted by molar-refractivity contribution is 6.30. The smallest absolute Gasteiger partial charge is 0.263 e. The van der Waals surface area contributed by atoms with Crippen LogP contribution in [0, 0.1) is 0 Å². The summed E-state index contributed by atoms with van der Waals surface area (Å²) in [5, 5.41) is 4.60. The van der Waals surface area contributed by atoms with Gasteiger partial charge in [-0.3, -0.25) is 4.79 Å². The molecule has 3 aromatic rings. The number of rotatable bonds is 7. The van der Waals surface area contributed by atoms with E-state index < -0.39 is 6.10 Å². The van der Waals surface area contributed by atoms with Crippen LogP contribution < -0.4 is 4.74 Å². The number of ether oxygens (including phenoxy) is 1. The van der Waals surface area contributed by atoms with Crippen molar-refractivity contribution in [1.82, 2.24) is 15.0 Å². The van der Waals surface area contributed by atoms with E-state index in [4.69, 9.17) is 20.9 Å². The van der Waals surface area contributed by atoms with Gasteiger partial charge in [-0.15, -0.1) is 0 Å². The zero-order chi connectivity index (χ0) is 20.1. The number of halogens is 1. The van der Waals surface area contributed by atoms with Gasteiger partial charge in [0.15, 0.2) is 6.10 Å². The molecule has 0 aliphatic rings. The van der Waals surface area contributed by atoms with Crippen LogP contribution in [0.25, 0.3) is 11.4 Å². The Balaban J connectivity index is 1.63. The molecule has 0 radical (unpaired) electrons. The van der Waals surface area contributed by atoms with E-state index in [0.29, 0.717) is 16.7 Å². The van der Waals surface area contributed by atoms with E-state index in [1.165, 1.54) is 4.90 Å². The normalized spacial score (nSPS) is 11.9. The highest BCUT2D eigenvalue weighted by atomic mass is 35.5. The topological polar surface area (TPSA) is 68.5 Å². The van der Waals surface area contributed by atoms with Crippen LogP contribution in [-0.4, -0.2) is 34.1 Å². The van der Waals surface area contributed by atoms with E-state index in [9.17, 15) is 4.79 Å². The fraction of sp³-hybridized carbons (Fsp3) is 0.286. The molecule has 6 nitrogen and oxygen atoms in total. The number of hydrogen-bond donors (Lipinski definition) is 0. The molecule has 0 unspecified atom stereocenters. The molecular weight excluding hydrogens is 378 g/mol. The minimum absolute atomic E-state index is 0.169. The molecule has 1 heterocycles. The van der Waals surface area contributed by atoms with E-state index in [2.05, 4.69) is 17.1 Å². The van der Waals surface area contributed by atoms with Gasteiger partial charge < -0.3 is 14.2 Å². The molecule has 0 saturated heterocycles. The van der Waals surface area contributed by atoms with Crippen molar-refractivity contribution in [3.63, 3.8) is 0 Å². The lowest BCUT2D eigenvalue weighted by Crippen LogP contribution is -2.37. The molecule has 7 heteroatoms. The lowest BCUT2D eigenvalue weighted by Gasteiger charge is -2.21. The summed E-state index contributed by atoms with van der Waals surface area (Å²) in [5.74, 6) is 1.36. The van der Waals surface area contributed by atoms with Crippen LogP contribution >= 0.6 is 11.6 Å². The Morgan fingerprint density at radius 1 is 1.21 bits per heavy atom. The van der Waals surface area contributed by atoms with Crippen molar-refractivity contribution >= 4 is 17.5 Å². The zero-order valence-corrected chi connectivity index (χ0v) is 16.8. The van der Waals surface area contributed by atoms with Crippen molar-refractivity contribution in [3.8, 4) is 17.1 Å². The van der Waals surface area contributed by atoms with Crippen molar-refractivity contribution in [2.75, 3.05) is 7.05 Å². The van der Waals surface area contributed by atoms with Gasteiger partial charge >= 0.3 is 0 Å².